The molecule has 1 aliphatic heterocycles. The molecule has 7 nitrogen and oxygen atoms in total. The molecule has 0 unspecified atom stereocenters. The monoisotopic (exact) mass is 433 g/mol. The number of nitrogens with one attached hydrogen (secondary N) is 2. The van der Waals surface area contributed by atoms with Crippen LogP contribution in [0.5, 0.6) is 11.5 Å². The molecule has 0 bridgehead atoms. The molecule has 31 heavy (non-hydrogen) atoms. The zero-order valence-electron chi connectivity index (χ0n) is 17.2. The van der Waals surface area contributed by atoms with Gasteiger partial charge in [-0.2, -0.15) is 8.78 Å². The molecule has 1 heterocycles. The van der Waals surface area contributed by atoms with E-state index in [1.165, 1.54) is 25.3 Å². The number of amides is 2. The molecule has 1 aliphatic rings. The number of carbonyl (C=O) groups is 2. The lowest BCUT2D eigenvalue weighted by molar-refractivity contribution is -0.120. The van der Waals surface area contributed by atoms with E-state index in [4.69, 9.17) is 4.74 Å². The Morgan fingerprint density at radius 1 is 1.06 bits per heavy atom. The molecule has 166 valence electrons. The Bertz CT molecular complexity index is 917. The van der Waals surface area contributed by atoms with Crippen molar-refractivity contribution in [3.63, 3.8) is 0 Å². The number of hydrogen-bond acceptors (Lipinski definition) is 5. The zero-order chi connectivity index (χ0) is 22.2. The summed E-state index contributed by atoms with van der Waals surface area (Å²) in [5.74, 6) is -1.05. The summed E-state index contributed by atoms with van der Waals surface area (Å²) in [6.45, 7) is -0.859. The molecule has 0 aliphatic carbocycles. The summed E-state index contributed by atoms with van der Waals surface area (Å²) in [5, 5.41) is 5.32. The van der Waals surface area contributed by atoms with Crippen molar-refractivity contribution < 1.29 is 27.8 Å². The van der Waals surface area contributed by atoms with E-state index in [9.17, 15) is 18.4 Å². The highest BCUT2D eigenvalue weighted by Gasteiger charge is 2.17. The molecule has 0 aromatic heterocycles. The number of carbonyl (C=O) groups excluding carboxylic acids is 2. The first-order chi connectivity index (χ1) is 15.0. The molecular formula is C22H25F2N3O4. The lowest BCUT2D eigenvalue weighted by atomic mass is 10.1. The van der Waals surface area contributed by atoms with Crippen molar-refractivity contribution in [2.24, 2.45) is 0 Å². The van der Waals surface area contributed by atoms with Crippen LogP contribution in [0.1, 0.15) is 28.8 Å². The van der Waals surface area contributed by atoms with Gasteiger partial charge in [0.25, 0.3) is 5.91 Å². The predicted molar refractivity (Wildman–Crippen MR) is 112 cm³/mol. The highest BCUT2D eigenvalue weighted by Crippen LogP contribution is 2.29. The average Bonchev–Trinajstić information content (AvgIpc) is 3.31. The zero-order valence-corrected chi connectivity index (χ0v) is 17.2. The number of methoxy groups -OCH3 is 1. The maximum atomic E-state index is 12.4. The Labute approximate surface area is 179 Å². The largest absolute Gasteiger partial charge is 0.493 e. The topological polar surface area (TPSA) is 79.9 Å². The summed E-state index contributed by atoms with van der Waals surface area (Å²) in [7, 11) is 1.28. The van der Waals surface area contributed by atoms with E-state index in [0.29, 0.717) is 6.54 Å². The molecule has 3 rings (SSSR count). The summed E-state index contributed by atoms with van der Waals surface area (Å²) < 4.78 is 34.1. The van der Waals surface area contributed by atoms with E-state index >= 15 is 0 Å². The molecule has 1 saturated heterocycles. The van der Waals surface area contributed by atoms with Crippen molar-refractivity contribution in [1.82, 2.24) is 10.6 Å². The van der Waals surface area contributed by atoms with Gasteiger partial charge in [-0.3, -0.25) is 9.59 Å². The van der Waals surface area contributed by atoms with Gasteiger partial charge in [0.15, 0.2) is 11.5 Å². The van der Waals surface area contributed by atoms with Gasteiger partial charge in [-0.1, -0.05) is 18.2 Å². The summed E-state index contributed by atoms with van der Waals surface area (Å²) in [6.07, 6.45) is 2.32. The number of para-hydroxylation sites is 1. The van der Waals surface area contributed by atoms with Crippen molar-refractivity contribution in [3.05, 3.63) is 53.6 Å². The third-order valence-corrected chi connectivity index (χ3v) is 4.97. The third-order valence-electron chi connectivity index (χ3n) is 4.97. The first-order valence-corrected chi connectivity index (χ1v) is 9.98. The summed E-state index contributed by atoms with van der Waals surface area (Å²) in [5.41, 5.74) is 2.29. The predicted octanol–water partition coefficient (Wildman–Crippen LogP) is 2.94. The molecule has 2 aromatic carbocycles. The normalized spacial score (nSPS) is 13.2. The number of anilines is 1. The van der Waals surface area contributed by atoms with Crippen LogP contribution < -0.4 is 25.0 Å². The van der Waals surface area contributed by atoms with E-state index in [1.54, 1.807) is 0 Å². The van der Waals surface area contributed by atoms with Gasteiger partial charge in [0, 0.05) is 30.9 Å². The van der Waals surface area contributed by atoms with Gasteiger partial charge in [-0.05, 0) is 42.7 Å². The van der Waals surface area contributed by atoms with Crippen molar-refractivity contribution >= 4 is 17.5 Å². The Morgan fingerprint density at radius 2 is 1.81 bits per heavy atom. The molecule has 0 radical (unpaired) electrons. The van der Waals surface area contributed by atoms with Crippen LogP contribution >= 0.6 is 0 Å². The van der Waals surface area contributed by atoms with E-state index in [0.717, 1.165) is 37.2 Å². The molecule has 2 aromatic rings. The highest BCUT2D eigenvalue weighted by molar-refractivity contribution is 5.97. The molecule has 0 spiro atoms. The fourth-order valence-electron chi connectivity index (χ4n) is 3.45. The average molecular weight is 433 g/mol. The van der Waals surface area contributed by atoms with Crippen LogP contribution in [0.25, 0.3) is 0 Å². The van der Waals surface area contributed by atoms with Gasteiger partial charge in [0.2, 0.25) is 5.91 Å². The summed E-state index contributed by atoms with van der Waals surface area (Å²) >= 11 is 0. The molecule has 1 fully saturated rings. The number of rotatable bonds is 9. The SMILES string of the molecule is COc1cc(C(=O)NCC(=O)NCc2ccccc2N2CCCC2)ccc1OC(F)F. The lowest BCUT2D eigenvalue weighted by Gasteiger charge is -2.21. The van der Waals surface area contributed by atoms with Gasteiger partial charge in [-0.25, -0.2) is 0 Å². The van der Waals surface area contributed by atoms with Gasteiger partial charge in [-0.15, -0.1) is 0 Å². The minimum absolute atomic E-state index is 0.00378. The maximum absolute atomic E-state index is 12.4. The van der Waals surface area contributed by atoms with E-state index < -0.39 is 12.5 Å². The second-order valence-electron chi connectivity index (χ2n) is 7.03. The highest BCUT2D eigenvalue weighted by atomic mass is 19.3. The smallest absolute Gasteiger partial charge is 0.387 e. The second kappa shape index (κ2) is 10.6. The van der Waals surface area contributed by atoms with Crippen LogP contribution in [-0.2, 0) is 11.3 Å². The Balaban J connectivity index is 1.53. The first kappa shape index (κ1) is 22.3. The Hall–Kier alpha value is -3.36. The first-order valence-electron chi connectivity index (χ1n) is 9.98. The number of nitrogens with zero attached hydrogens (tertiary/aromatic N) is 1. The van der Waals surface area contributed by atoms with Crippen LogP contribution in [0, 0.1) is 0 Å². The fourth-order valence-corrected chi connectivity index (χ4v) is 3.45. The Kier molecular flexibility index (Phi) is 7.64. The second-order valence-corrected chi connectivity index (χ2v) is 7.03. The van der Waals surface area contributed by atoms with E-state index in [2.05, 4.69) is 20.3 Å². The lowest BCUT2D eigenvalue weighted by Crippen LogP contribution is -2.36. The minimum atomic E-state index is -3.01. The Morgan fingerprint density at radius 3 is 2.52 bits per heavy atom. The van der Waals surface area contributed by atoms with Crippen molar-refractivity contribution in [2.75, 3.05) is 31.6 Å². The third kappa shape index (κ3) is 6.07. The van der Waals surface area contributed by atoms with Crippen LogP contribution in [-0.4, -0.2) is 45.2 Å². The fraction of sp³-hybridized carbons (Fsp3) is 0.364. The number of halogens is 2. The number of hydrogen-bond donors (Lipinski definition) is 2. The number of benzene rings is 2. The van der Waals surface area contributed by atoms with Gasteiger partial charge in [0.05, 0.1) is 13.7 Å². The molecule has 2 N–H and O–H groups in total. The van der Waals surface area contributed by atoms with Crippen molar-refractivity contribution in [2.45, 2.75) is 26.0 Å². The quantitative estimate of drug-likeness (QED) is 0.636. The standard InChI is InChI=1S/C22H25F2N3O4/c1-30-19-12-15(8-9-18(19)31-22(23)24)21(29)26-14-20(28)25-13-16-6-2-3-7-17(16)27-10-4-5-11-27/h2-3,6-9,12,22H,4-5,10-11,13-14H2,1H3,(H,25,28)(H,26,29). The molecule has 0 saturated carbocycles. The summed E-state index contributed by atoms with van der Waals surface area (Å²) in [6, 6.07) is 11.7. The van der Waals surface area contributed by atoms with Crippen LogP contribution in [0.2, 0.25) is 0 Å². The van der Waals surface area contributed by atoms with Gasteiger partial charge < -0.3 is 25.0 Å². The van der Waals surface area contributed by atoms with Crippen LogP contribution in [0.15, 0.2) is 42.5 Å². The van der Waals surface area contributed by atoms with Crippen molar-refractivity contribution in [3.8, 4) is 11.5 Å². The van der Waals surface area contributed by atoms with E-state index in [-0.39, 0.29) is 29.5 Å². The van der Waals surface area contributed by atoms with Gasteiger partial charge in [0.1, 0.15) is 0 Å². The van der Waals surface area contributed by atoms with Crippen LogP contribution in [0.3, 0.4) is 0 Å². The van der Waals surface area contributed by atoms with Gasteiger partial charge >= 0.3 is 6.61 Å². The molecular weight excluding hydrogens is 408 g/mol. The number of alkyl halides is 2. The molecule has 9 heteroatoms. The molecule has 2 amide bonds. The molecule has 0 atom stereocenters. The summed E-state index contributed by atoms with van der Waals surface area (Å²) in [4.78, 5) is 26.8. The van der Waals surface area contributed by atoms with E-state index in [1.807, 2.05) is 24.3 Å². The van der Waals surface area contributed by atoms with Crippen molar-refractivity contribution in [1.29, 1.82) is 0 Å². The van der Waals surface area contributed by atoms with Crippen LogP contribution in [0.4, 0.5) is 14.5 Å². The maximum Gasteiger partial charge on any atom is 0.387 e. The minimum Gasteiger partial charge on any atom is -0.493 e. The number of ether oxygens (including phenoxy) is 2.